The first-order valence-electron chi connectivity index (χ1n) is 9.39. The summed E-state index contributed by atoms with van der Waals surface area (Å²) in [6.07, 6.45) is 2.46. The van der Waals surface area contributed by atoms with Crippen LogP contribution in [-0.4, -0.2) is 74.0 Å². The highest BCUT2D eigenvalue weighted by atomic mass is 35.5. The SMILES string of the molecule is O=C(CN1CCN(c2cccc(Cl)c2)CC1)NCCCN1CCCC1=O. The first kappa shape index (κ1) is 19.0. The molecule has 2 saturated heterocycles. The summed E-state index contributed by atoms with van der Waals surface area (Å²) in [6, 6.07) is 7.90. The van der Waals surface area contributed by atoms with Crippen molar-refractivity contribution in [1.82, 2.24) is 15.1 Å². The molecule has 0 spiro atoms. The Bertz CT molecular complexity index is 632. The maximum absolute atomic E-state index is 12.1. The van der Waals surface area contributed by atoms with Crippen molar-refractivity contribution in [2.24, 2.45) is 0 Å². The summed E-state index contributed by atoms with van der Waals surface area (Å²) in [5.74, 6) is 0.308. The van der Waals surface area contributed by atoms with E-state index in [2.05, 4.69) is 21.2 Å². The van der Waals surface area contributed by atoms with Gasteiger partial charge in [0.05, 0.1) is 6.54 Å². The Morgan fingerprint density at radius 2 is 1.96 bits per heavy atom. The number of likely N-dealkylation sites (tertiary alicyclic amines) is 1. The van der Waals surface area contributed by atoms with Gasteiger partial charge in [-0.15, -0.1) is 0 Å². The highest BCUT2D eigenvalue weighted by Crippen LogP contribution is 2.20. The van der Waals surface area contributed by atoms with E-state index < -0.39 is 0 Å². The van der Waals surface area contributed by atoms with Gasteiger partial charge in [0.1, 0.15) is 0 Å². The number of hydrogen-bond acceptors (Lipinski definition) is 4. The third kappa shape index (κ3) is 5.35. The van der Waals surface area contributed by atoms with Gasteiger partial charge >= 0.3 is 0 Å². The van der Waals surface area contributed by atoms with Crippen LogP contribution in [0.3, 0.4) is 0 Å². The molecule has 3 rings (SSSR count). The van der Waals surface area contributed by atoms with E-state index in [9.17, 15) is 9.59 Å². The zero-order chi connectivity index (χ0) is 18.4. The van der Waals surface area contributed by atoms with Gasteiger partial charge in [-0.2, -0.15) is 0 Å². The number of carbonyl (C=O) groups excluding carboxylic acids is 2. The Hall–Kier alpha value is -1.79. The lowest BCUT2D eigenvalue weighted by atomic mass is 10.2. The molecule has 1 N–H and O–H groups in total. The number of nitrogens with zero attached hydrogens (tertiary/aromatic N) is 3. The molecule has 7 heteroatoms. The summed E-state index contributed by atoms with van der Waals surface area (Å²) in [5.41, 5.74) is 1.14. The van der Waals surface area contributed by atoms with Crippen LogP contribution in [0.2, 0.25) is 5.02 Å². The van der Waals surface area contributed by atoms with Gasteiger partial charge in [0, 0.05) is 62.9 Å². The lowest BCUT2D eigenvalue weighted by Crippen LogP contribution is -2.49. The number of piperazine rings is 1. The van der Waals surface area contributed by atoms with Gasteiger partial charge in [0.2, 0.25) is 11.8 Å². The molecule has 1 aromatic carbocycles. The normalized spacial score (nSPS) is 18.4. The molecule has 0 radical (unpaired) electrons. The number of nitrogens with one attached hydrogen (secondary N) is 1. The van der Waals surface area contributed by atoms with Crippen LogP contribution in [0, 0.1) is 0 Å². The van der Waals surface area contributed by atoms with E-state index in [-0.39, 0.29) is 11.8 Å². The average molecular weight is 379 g/mol. The van der Waals surface area contributed by atoms with Crippen LogP contribution in [0.4, 0.5) is 5.69 Å². The van der Waals surface area contributed by atoms with Gasteiger partial charge in [0.25, 0.3) is 0 Å². The molecule has 2 aliphatic heterocycles. The second-order valence-corrected chi connectivity index (χ2v) is 7.37. The minimum atomic E-state index is 0.0638. The van der Waals surface area contributed by atoms with Crippen molar-refractivity contribution in [2.75, 3.05) is 57.3 Å². The number of rotatable bonds is 7. The summed E-state index contributed by atoms with van der Waals surface area (Å²) in [4.78, 5) is 30.0. The molecule has 0 saturated carbocycles. The highest BCUT2D eigenvalue weighted by Gasteiger charge is 2.20. The fraction of sp³-hybridized carbons (Fsp3) is 0.579. The van der Waals surface area contributed by atoms with E-state index in [4.69, 9.17) is 11.6 Å². The maximum Gasteiger partial charge on any atom is 0.234 e. The lowest BCUT2D eigenvalue weighted by Gasteiger charge is -2.35. The van der Waals surface area contributed by atoms with Crippen LogP contribution in [0.5, 0.6) is 0 Å². The minimum absolute atomic E-state index is 0.0638. The Kier molecular flexibility index (Phi) is 6.74. The van der Waals surface area contributed by atoms with Gasteiger partial charge in [0.15, 0.2) is 0 Å². The molecule has 6 nitrogen and oxygen atoms in total. The third-order valence-corrected chi connectivity index (χ3v) is 5.25. The van der Waals surface area contributed by atoms with Crippen molar-refractivity contribution < 1.29 is 9.59 Å². The number of benzene rings is 1. The van der Waals surface area contributed by atoms with Gasteiger partial charge < -0.3 is 15.1 Å². The van der Waals surface area contributed by atoms with Gasteiger partial charge in [-0.1, -0.05) is 17.7 Å². The largest absolute Gasteiger partial charge is 0.369 e. The molecule has 2 amide bonds. The van der Waals surface area contributed by atoms with Crippen LogP contribution in [-0.2, 0) is 9.59 Å². The number of anilines is 1. The van der Waals surface area contributed by atoms with Crippen molar-refractivity contribution in [3.63, 3.8) is 0 Å². The number of amides is 2. The first-order chi connectivity index (χ1) is 12.6. The Morgan fingerprint density at radius 3 is 2.65 bits per heavy atom. The second-order valence-electron chi connectivity index (χ2n) is 6.93. The number of hydrogen-bond donors (Lipinski definition) is 1. The molecule has 2 aliphatic rings. The first-order valence-corrected chi connectivity index (χ1v) is 9.77. The molecule has 0 atom stereocenters. The summed E-state index contributed by atoms with van der Waals surface area (Å²) in [6.45, 7) is 6.19. The van der Waals surface area contributed by atoms with Crippen LogP contribution in [0.1, 0.15) is 19.3 Å². The summed E-state index contributed by atoms with van der Waals surface area (Å²) >= 11 is 6.06. The molecule has 1 aromatic rings. The van der Waals surface area contributed by atoms with Crippen LogP contribution in [0.25, 0.3) is 0 Å². The molecular formula is C19H27ClN4O2. The molecule has 0 aromatic heterocycles. The van der Waals surface area contributed by atoms with E-state index in [1.54, 1.807) is 0 Å². The fourth-order valence-electron chi connectivity index (χ4n) is 3.53. The molecule has 2 heterocycles. The monoisotopic (exact) mass is 378 g/mol. The second kappa shape index (κ2) is 9.24. The molecule has 0 aliphatic carbocycles. The van der Waals surface area contributed by atoms with E-state index in [0.717, 1.165) is 62.8 Å². The molecular weight excluding hydrogens is 352 g/mol. The molecule has 142 valence electrons. The van der Waals surface area contributed by atoms with Gasteiger partial charge in [-0.3, -0.25) is 14.5 Å². The lowest BCUT2D eigenvalue weighted by molar-refractivity contribution is -0.127. The van der Waals surface area contributed by atoms with Crippen molar-refractivity contribution in [3.05, 3.63) is 29.3 Å². The van der Waals surface area contributed by atoms with E-state index in [0.29, 0.717) is 19.5 Å². The molecule has 26 heavy (non-hydrogen) atoms. The smallest absolute Gasteiger partial charge is 0.234 e. The summed E-state index contributed by atoms with van der Waals surface area (Å²) in [5, 5.41) is 3.72. The number of carbonyl (C=O) groups is 2. The standard InChI is InChI=1S/C19H27ClN4O2/c20-16-4-1-5-17(14-16)23-12-10-22(11-13-23)15-18(25)21-7-3-9-24-8-2-6-19(24)26/h1,4-5,14H,2-3,6-13,15H2,(H,21,25). The maximum atomic E-state index is 12.1. The van der Waals surface area contributed by atoms with E-state index >= 15 is 0 Å². The Labute approximate surface area is 160 Å². The van der Waals surface area contributed by atoms with Crippen LogP contribution >= 0.6 is 11.6 Å². The Balaban J connectivity index is 1.31. The van der Waals surface area contributed by atoms with E-state index in [1.165, 1.54) is 0 Å². The summed E-state index contributed by atoms with van der Waals surface area (Å²) < 4.78 is 0. The molecule has 0 bridgehead atoms. The van der Waals surface area contributed by atoms with Crippen LogP contribution < -0.4 is 10.2 Å². The van der Waals surface area contributed by atoms with Crippen LogP contribution in [0.15, 0.2) is 24.3 Å². The number of halogens is 1. The molecule has 0 unspecified atom stereocenters. The third-order valence-electron chi connectivity index (χ3n) is 5.01. The van der Waals surface area contributed by atoms with Crippen molar-refractivity contribution in [3.8, 4) is 0 Å². The Morgan fingerprint density at radius 1 is 1.15 bits per heavy atom. The predicted molar refractivity (Wildman–Crippen MR) is 104 cm³/mol. The average Bonchev–Trinajstić information content (AvgIpc) is 3.04. The zero-order valence-corrected chi connectivity index (χ0v) is 15.9. The predicted octanol–water partition coefficient (Wildman–Crippen LogP) is 1.59. The van der Waals surface area contributed by atoms with Crippen molar-refractivity contribution in [2.45, 2.75) is 19.3 Å². The topological polar surface area (TPSA) is 55.9 Å². The minimum Gasteiger partial charge on any atom is -0.369 e. The van der Waals surface area contributed by atoms with E-state index in [1.807, 2.05) is 23.1 Å². The summed E-state index contributed by atoms with van der Waals surface area (Å²) in [7, 11) is 0. The highest BCUT2D eigenvalue weighted by molar-refractivity contribution is 6.30. The quantitative estimate of drug-likeness (QED) is 0.732. The molecule has 2 fully saturated rings. The zero-order valence-electron chi connectivity index (χ0n) is 15.1. The van der Waals surface area contributed by atoms with Gasteiger partial charge in [-0.05, 0) is 31.0 Å². The van der Waals surface area contributed by atoms with Crippen molar-refractivity contribution in [1.29, 1.82) is 0 Å². The van der Waals surface area contributed by atoms with Crippen molar-refractivity contribution >= 4 is 29.1 Å². The van der Waals surface area contributed by atoms with Gasteiger partial charge in [-0.25, -0.2) is 0 Å². The fourth-order valence-corrected chi connectivity index (χ4v) is 3.72.